The number of carbonyl (C=O) groups is 1. The number of likely N-dealkylation sites (tertiary alicyclic amines) is 1. The number of nitrogens with zero attached hydrogens (tertiary/aromatic N) is 2. The van der Waals surface area contributed by atoms with Crippen LogP contribution in [-0.2, 0) is 9.47 Å². The molecule has 1 aromatic rings. The summed E-state index contributed by atoms with van der Waals surface area (Å²) in [4.78, 5) is 16.9. The minimum Gasteiger partial charge on any atom is -0.378 e. The largest absolute Gasteiger partial charge is 0.378 e. The van der Waals surface area contributed by atoms with Gasteiger partial charge in [0, 0.05) is 44.0 Å². The van der Waals surface area contributed by atoms with Crippen LogP contribution in [0.25, 0.3) is 0 Å². The molecular formula is C19H26N2O3. The lowest BCUT2D eigenvalue weighted by atomic mass is 10.1. The lowest BCUT2D eigenvalue weighted by molar-refractivity contribution is 0.0480. The number of hydrogen-bond donors (Lipinski definition) is 0. The average molecular weight is 330 g/mol. The summed E-state index contributed by atoms with van der Waals surface area (Å²) >= 11 is 0. The van der Waals surface area contributed by atoms with Gasteiger partial charge in [0.1, 0.15) is 0 Å². The highest BCUT2D eigenvalue weighted by atomic mass is 16.5. The van der Waals surface area contributed by atoms with Gasteiger partial charge in [0.25, 0.3) is 5.91 Å². The number of carbonyl (C=O) groups excluding carboxylic acids is 1. The second-order valence-corrected chi connectivity index (χ2v) is 7.08. The summed E-state index contributed by atoms with van der Waals surface area (Å²) in [5.74, 6) is 0.906. The Hall–Kier alpha value is -1.59. The fraction of sp³-hybridized carbons (Fsp3) is 0.632. The van der Waals surface area contributed by atoms with Crippen molar-refractivity contribution < 1.29 is 14.3 Å². The molecule has 1 amide bonds. The minimum absolute atomic E-state index is 0.126. The second-order valence-electron chi connectivity index (χ2n) is 7.08. The van der Waals surface area contributed by atoms with Crippen LogP contribution in [-0.4, -0.2) is 62.9 Å². The van der Waals surface area contributed by atoms with E-state index < -0.39 is 0 Å². The van der Waals surface area contributed by atoms with Crippen LogP contribution in [0.5, 0.6) is 0 Å². The van der Waals surface area contributed by atoms with Gasteiger partial charge in [0.2, 0.25) is 0 Å². The molecule has 1 atom stereocenters. The molecule has 0 bridgehead atoms. The summed E-state index contributed by atoms with van der Waals surface area (Å²) in [7, 11) is 0. The molecule has 3 aliphatic rings. The first-order valence-electron chi connectivity index (χ1n) is 9.13. The first-order chi connectivity index (χ1) is 11.8. The Kier molecular flexibility index (Phi) is 4.72. The van der Waals surface area contributed by atoms with Crippen molar-refractivity contribution in [2.45, 2.75) is 25.4 Å². The Labute approximate surface area is 143 Å². The molecule has 5 nitrogen and oxygen atoms in total. The van der Waals surface area contributed by atoms with Crippen molar-refractivity contribution in [3.63, 3.8) is 0 Å². The molecule has 2 aliphatic heterocycles. The number of ether oxygens (including phenoxy) is 2. The average Bonchev–Trinajstić information content (AvgIpc) is 3.36. The zero-order chi connectivity index (χ0) is 16.4. The topological polar surface area (TPSA) is 42.0 Å². The molecule has 130 valence electrons. The van der Waals surface area contributed by atoms with Gasteiger partial charge < -0.3 is 19.3 Å². The van der Waals surface area contributed by atoms with Crippen molar-refractivity contribution in [2.75, 3.05) is 50.9 Å². The molecule has 4 rings (SSSR count). The minimum atomic E-state index is 0.126. The van der Waals surface area contributed by atoms with Crippen LogP contribution in [0.2, 0.25) is 0 Å². The molecule has 0 spiro atoms. The Bertz CT molecular complexity index is 564. The molecule has 1 unspecified atom stereocenters. The van der Waals surface area contributed by atoms with Gasteiger partial charge in [-0.3, -0.25) is 4.79 Å². The summed E-state index contributed by atoms with van der Waals surface area (Å²) in [6.45, 7) is 5.80. The number of rotatable bonds is 5. The van der Waals surface area contributed by atoms with Gasteiger partial charge >= 0.3 is 0 Å². The molecule has 5 heteroatoms. The van der Waals surface area contributed by atoms with Crippen molar-refractivity contribution in [1.29, 1.82) is 0 Å². The quantitative estimate of drug-likeness (QED) is 0.830. The van der Waals surface area contributed by atoms with E-state index in [0.29, 0.717) is 0 Å². The number of amides is 1. The van der Waals surface area contributed by atoms with Crippen LogP contribution < -0.4 is 4.90 Å². The van der Waals surface area contributed by atoms with E-state index in [-0.39, 0.29) is 12.0 Å². The van der Waals surface area contributed by atoms with Crippen LogP contribution in [0.3, 0.4) is 0 Å². The maximum atomic E-state index is 12.7. The molecule has 3 fully saturated rings. The summed E-state index contributed by atoms with van der Waals surface area (Å²) in [6, 6.07) is 8.00. The predicted molar refractivity (Wildman–Crippen MR) is 92.5 cm³/mol. The highest BCUT2D eigenvalue weighted by molar-refractivity contribution is 5.94. The van der Waals surface area contributed by atoms with E-state index in [1.165, 1.54) is 18.5 Å². The molecule has 1 saturated carbocycles. The van der Waals surface area contributed by atoms with Gasteiger partial charge in [-0.1, -0.05) is 0 Å². The molecule has 1 aliphatic carbocycles. The molecule has 0 N–H and O–H groups in total. The molecule has 0 aromatic heterocycles. The van der Waals surface area contributed by atoms with E-state index in [9.17, 15) is 4.79 Å². The summed E-state index contributed by atoms with van der Waals surface area (Å²) in [6.07, 6.45) is 3.81. The predicted octanol–water partition coefficient (Wildman–Crippen LogP) is 2.16. The number of benzene rings is 1. The van der Waals surface area contributed by atoms with Crippen LogP contribution >= 0.6 is 0 Å². The normalized spacial score (nSPS) is 24.4. The van der Waals surface area contributed by atoms with Crippen LogP contribution in [0.1, 0.15) is 29.6 Å². The van der Waals surface area contributed by atoms with E-state index in [4.69, 9.17) is 9.47 Å². The lowest BCUT2D eigenvalue weighted by Crippen LogP contribution is -2.36. The van der Waals surface area contributed by atoms with Crippen molar-refractivity contribution in [1.82, 2.24) is 4.90 Å². The van der Waals surface area contributed by atoms with Gasteiger partial charge in [-0.05, 0) is 49.4 Å². The van der Waals surface area contributed by atoms with Gasteiger partial charge in [-0.15, -0.1) is 0 Å². The number of anilines is 1. The van der Waals surface area contributed by atoms with Crippen LogP contribution in [0.15, 0.2) is 24.3 Å². The third-order valence-electron chi connectivity index (χ3n) is 5.19. The van der Waals surface area contributed by atoms with Crippen molar-refractivity contribution in [3.8, 4) is 0 Å². The first-order valence-corrected chi connectivity index (χ1v) is 9.13. The van der Waals surface area contributed by atoms with Gasteiger partial charge in [0.05, 0.1) is 19.3 Å². The lowest BCUT2D eigenvalue weighted by Gasteiger charge is -2.29. The Morgan fingerprint density at radius 2 is 1.83 bits per heavy atom. The maximum Gasteiger partial charge on any atom is 0.253 e. The molecule has 2 saturated heterocycles. The zero-order valence-corrected chi connectivity index (χ0v) is 14.2. The van der Waals surface area contributed by atoms with Gasteiger partial charge in [0.15, 0.2) is 0 Å². The molecule has 24 heavy (non-hydrogen) atoms. The first kappa shape index (κ1) is 15.9. The second kappa shape index (κ2) is 7.11. The van der Waals surface area contributed by atoms with E-state index in [0.717, 1.165) is 63.9 Å². The van der Waals surface area contributed by atoms with Crippen LogP contribution in [0, 0.1) is 5.92 Å². The maximum absolute atomic E-state index is 12.7. The summed E-state index contributed by atoms with van der Waals surface area (Å²) in [5, 5.41) is 0. The molecule has 2 heterocycles. The SMILES string of the molecule is O=C(c1ccc(N2CCOCC2)cc1)N1CCC(OCC2CC2)C1. The molecule has 1 aromatic carbocycles. The van der Waals surface area contributed by atoms with Gasteiger partial charge in [-0.25, -0.2) is 0 Å². The smallest absolute Gasteiger partial charge is 0.253 e. The summed E-state index contributed by atoms with van der Waals surface area (Å²) < 4.78 is 11.3. The van der Waals surface area contributed by atoms with Crippen molar-refractivity contribution in [3.05, 3.63) is 29.8 Å². The fourth-order valence-corrected chi connectivity index (χ4v) is 3.42. The van der Waals surface area contributed by atoms with Crippen LogP contribution in [0.4, 0.5) is 5.69 Å². The van der Waals surface area contributed by atoms with E-state index in [1.807, 2.05) is 17.0 Å². The number of morpholine rings is 1. The Morgan fingerprint density at radius 3 is 2.54 bits per heavy atom. The zero-order valence-electron chi connectivity index (χ0n) is 14.2. The third-order valence-corrected chi connectivity index (χ3v) is 5.19. The number of hydrogen-bond acceptors (Lipinski definition) is 4. The van der Waals surface area contributed by atoms with Crippen molar-refractivity contribution in [2.24, 2.45) is 5.92 Å². The molecule has 0 radical (unpaired) electrons. The van der Waals surface area contributed by atoms with Crippen molar-refractivity contribution >= 4 is 11.6 Å². The monoisotopic (exact) mass is 330 g/mol. The van der Waals surface area contributed by atoms with E-state index in [1.54, 1.807) is 0 Å². The fourth-order valence-electron chi connectivity index (χ4n) is 3.42. The van der Waals surface area contributed by atoms with E-state index in [2.05, 4.69) is 17.0 Å². The third kappa shape index (κ3) is 3.73. The van der Waals surface area contributed by atoms with E-state index >= 15 is 0 Å². The molecular weight excluding hydrogens is 304 g/mol. The highest BCUT2D eigenvalue weighted by Crippen LogP contribution is 2.30. The Morgan fingerprint density at radius 1 is 1.08 bits per heavy atom. The highest BCUT2D eigenvalue weighted by Gasteiger charge is 2.30. The standard InChI is InChI=1S/C19H26N2O3/c22-19(21-8-7-18(13-21)24-14-15-1-2-15)16-3-5-17(6-4-16)20-9-11-23-12-10-20/h3-6,15,18H,1-2,7-14H2. The summed E-state index contributed by atoms with van der Waals surface area (Å²) in [5.41, 5.74) is 1.94. The Balaban J connectivity index is 1.32. The van der Waals surface area contributed by atoms with Gasteiger partial charge in [-0.2, -0.15) is 0 Å².